The number of nitrogens with zero attached hydrogens (tertiary/aromatic N) is 2. The quantitative estimate of drug-likeness (QED) is 0.473. The summed E-state index contributed by atoms with van der Waals surface area (Å²) in [5.41, 5.74) is -2.81. The van der Waals surface area contributed by atoms with Crippen molar-refractivity contribution in [2.24, 2.45) is 0 Å². The van der Waals surface area contributed by atoms with Gasteiger partial charge in [-0.15, -0.1) is 5.11 Å². The lowest BCUT2D eigenvalue weighted by Crippen LogP contribution is -2.78. The van der Waals surface area contributed by atoms with Gasteiger partial charge in [0.25, 0.3) is 5.91 Å². The molecule has 3 rings (SSSR count). The Morgan fingerprint density at radius 1 is 0.974 bits per heavy atom. The third kappa shape index (κ3) is 6.04. The number of hydrogen-bond acceptors (Lipinski definition) is 3. The number of nitrogens with one attached hydrogen (secondary N) is 1. The molecule has 166 valence electrons. The van der Waals surface area contributed by atoms with E-state index in [0.29, 0.717) is 4.90 Å². The number of carbonyl (C=O) groups is 1. The minimum Gasteiger partial charge on any atom is -0.362 e. The maximum Gasteiger partial charge on any atom is 0.252 e. The Morgan fingerprint density at radius 2 is 1.53 bits per heavy atom. The van der Waals surface area contributed by atoms with Crippen molar-refractivity contribution in [2.45, 2.75) is 45.0 Å². The van der Waals surface area contributed by atoms with E-state index in [-0.39, 0.29) is 21.8 Å². The number of likely N-dealkylation sites (tertiary alicyclic amines) is 1. The van der Waals surface area contributed by atoms with Crippen LogP contribution in [0.4, 0.5) is 8.78 Å². The van der Waals surface area contributed by atoms with Crippen LogP contribution >= 0.6 is 11.6 Å². The Morgan fingerprint density at radius 3 is 1.97 bits per heavy atom. The van der Waals surface area contributed by atoms with Crippen molar-refractivity contribution in [3.63, 3.8) is 0 Å². The number of halogens is 3. The van der Waals surface area contributed by atoms with E-state index >= 15 is 4.39 Å². The van der Waals surface area contributed by atoms with Gasteiger partial charge in [0.15, 0.2) is 0 Å². The Balaban J connectivity index is 1.91. The van der Waals surface area contributed by atoms with E-state index in [1.807, 2.05) is 0 Å². The predicted octanol–water partition coefficient (Wildman–Crippen LogP) is -1.86. The van der Waals surface area contributed by atoms with Crippen LogP contribution in [0.3, 0.4) is 0 Å². The number of hydrogen-bond donors (Lipinski definition) is 1. The van der Waals surface area contributed by atoms with Crippen LogP contribution in [0.25, 0.3) is 0 Å². The second-order valence-electron chi connectivity index (χ2n) is 9.80. The fourth-order valence-corrected chi connectivity index (χ4v) is 4.53. The fraction of sp³-hybridized carbons (Fsp3) is 0.400. The van der Waals surface area contributed by atoms with E-state index in [1.165, 1.54) is 18.3 Å². The summed E-state index contributed by atoms with van der Waals surface area (Å²) in [6.07, 6.45) is -0.586. The minimum absolute atomic E-state index is 0.0614. The number of pyridine rings is 1. The molecule has 0 saturated carbocycles. The van der Waals surface area contributed by atoms with Crippen LogP contribution < -0.4 is 5.32 Å². The van der Waals surface area contributed by atoms with Gasteiger partial charge in [-0.05, 0) is 64.0 Å². The molecule has 22 radical (unpaired) electrons. The largest absolute Gasteiger partial charge is 0.362 e. The molecule has 0 aliphatic carbocycles. The summed E-state index contributed by atoms with van der Waals surface area (Å²) in [4.78, 5) is 17.9. The van der Waals surface area contributed by atoms with E-state index in [2.05, 4.69) is 10.3 Å². The summed E-state index contributed by atoms with van der Waals surface area (Å²) in [6.45, 7) is 0. The molecule has 0 spiro atoms. The standard InChI is InChI=1S/C20H11B11ClF2N3O/c21-16(22)7-15(34,8-17(23,24)37(16)14(38)9-1-3-12(33)11(32)5-9)20(30,31)36-19(28,29)13-4-2-10(6-35-13)18(25,26)27/h1-6,36H,7-8H2. The molecular formula is C20H11B11ClF2N3O. The van der Waals surface area contributed by atoms with Crippen LogP contribution in [-0.4, -0.2) is 124 Å². The average Bonchev–Trinajstić information content (AvgIpc) is 2.72. The molecule has 1 saturated heterocycles. The van der Waals surface area contributed by atoms with Gasteiger partial charge in [-0.2, -0.15) is 0 Å². The van der Waals surface area contributed by atoms with Crippen molar-refractivity contribution >= 4 is 104 Å². The highest BCUT2D eigenvalue weighted by atomic mass is 35.5. The van der Waals surface area contributed by atoms with Crippen molar-refractivity contribution in [3.05, 3.63) is 64.2 Å². The molecule has 18 heteroatoms. The highest BCUT2D eigenvalue weighted by Gasteiger charge is 2.58. The van der Waals surface area contributed by atoms with Gasteiger partial charge in [-0.3, -0.25) is 9.78 Å². The van der Waals surface area contributed by atoms with Gasteiger partial charge >= 0.3 is 0 Å². The first kappa shape index (κ1) is 31.2. The molecule has 1 N–H and O–H groups in total. The third-order valence-corrected chi connectivity index (χ3v) is 6.46. The number of carbonyl (C=O) groups excluding carboxylic acids is 1. The van der Waals surface area contributed by atoms with E-state index in [4.69, 9.17) is 97.9 Å². The molecule has 38 heavy (non-hydrogen) atoms. The molecular weight excluding hydrogens is 491 g/mol. The van der Waals surface area contributed by atoms with Crippen LogP contribution in [0.1, 0.15) is 34.5 Å². The van der Waals surface area contributed by atoms with Crippen molar-refractivity contribution < 1.29 is 13.6 Å². The zero-order chi connectivity index (χ0) is 29.1. The molecule has 2 heterocycles. The second-order valence-corrected chi connectivity index (χ2v) is 10.2. The van der Waals surface area contributed by atoms with E-state index in [1.54, 1.807) is 0 Å². The molecule has 0 unspecified atom stereocenters. The van der Waals surface area contributed by atoms with Crippen molar-refractivity contribution in [1.29, 1.82) is 0 Å². The summed E-state index contributed by atoms with van der Waals surface area (Å²) in [5, 5.41) is -9.14. The molecule has 1 aliphatic heterocycles. The summed E-state index contributed by atoms with van der Waals surface area (Å²) in [6, 6.07) is 5.75. The summed E-state index contributed by atoms with van der Waals surface area (Å²) in [7, 11) is 65.9. The summed E-state index contributed by atoms with van der Waals surface area (Å²) < 4.78 is 30.1. The maximum atomic E-state index is 16.5. The summed E-state index contributed by atoms with van der Waals surface area (Å²) in [5.74, 6) is -1.74. The molecule has 1 aromatic heterocycles. The van der Waals surface area contributed by atoms with Crippen molar-refractivity contribution in [1.82, 2.24) is 15.2 Å². The molecule has 1 aromatic carbocycles. The Kier molecular flexibility index (Phi) is 8.16. The van der Waals surface area contributed by atoms with Crippen LogP contribution in [0, 0.1) is 5.82 Å². The molecule has 1 fully saturated rings. The zero-order valence-electron chi connectivity index (χ0n) is 20.2. The summed E-state index contributed by atoms with van der Waals surface area (Å²) >= 11 is 5.77. The third-order valence-electron chi connectivity index (χ3n) is 6.17. The van der Waals surface area contributed by atoms with E-state index in [0.717, 1.165) is 18.2 Å². The number of benzene rings is 1. The lowest BCUT2D eigenvalue weighted by molar-refractivity contribution is -0.0112. The Labute approximate surface area is 241 Å². The predicted molar refractivity (Wildman–Crippen MR) is 153 cm³/mol. The molecule has 1 aliphatic rings. The number of aromatic nitrogens is 1. The van der Waals surface area contributed by atoms with Gasteiger partial charge in [0, 0.05) is 17.5 Å². The van der Waals surface area contributed by atoms with Gasteiger partial charge in [0.1, 0.15) is 11.5 Å². The van der Waals surface area contributed by atoms with Crippen molar-refractivity contribution in [2.75, 3.05) is 0 Å². The Bertz CT molecular complexity index is 1210. The van der Waals surface area contributed by atoms with Crippen LogP contribution in [0.2, 0.25) is 5.02 Å². The van der Waals surface area contributed by atoms with Crippen molar-refractivity contribution in [3.8, 4) is 0 Å². The highest BCUT2D eigenvalue weighted by Crippen LogP contribution is 2.46. The molecule has 1 amide bonds. The highest BCUT2D eigenvalue weighted by molar-refractivity contribution is 6.59. The smallest absolute Gasteiger partial charge is 0.252 e. The zero-order valence-corrected chi connectivity index (χ0v) is 20.9. The fourth-order valence-electron chi connectivity index (χ4n) is 4.35. The lowest BCUT2D eigenvalue weighted by Gasteiger charge is -2.63. The Hall–Kier alpha value is -1.34. The molecule has 4 nitrogen and oxygen atoms in total. The number of rotatable bonds is 6. The first-order valence-corrected chi connectivity index (χ1v) is 11.3. The van der Waals surface area contributed by atoms with Crippen LogP contribution in [0.15, 0.2) is 36.5 Å². The number of alkyl halides is 1. The monoisotopic (exact) mass is 503 g/mol. The molecule has 2 aromatic rings. The number of amides is 1. The van der Waals surface area contributed by atoms with Gasteiger partial charge in [0.2, 0.25) is 0 Å². The average molecular weight is 502 g/mol. The van der Waals surface area contributed by atoms with Gasteiger partial charge in [-0.1, -0.05) is 17.7 Å². The molecule has 0 atom stereocenters. The van der Waals surface area contributed by atoms with Crippen LogP contribution in [-0.2, 0) is 10.5 Å². The van der Waals surface area contributed by atoms with Gasteiger partial charge in [0.05, 0.1) is 91.3 Å². The molecule has 0 bridgehead atoms. The number of piperidine rings is 1. The maximum absolute atomic E-state index is 16.5. The SMILES string of the molecule is [B]C([B])([B])c1ccc(C([B])([B])NC([B])([B])C2(F)CC([B])([B])N(C(=O)c3ccc(F)c(Cl)c3)C([B])([B])C2)nc1. The van der Waals surface area contributed by atoms with Gasteiger partial charge in [-0.25, -0.2) is 8.78 Å². The van der Waals surface area contributed by atoms with E-state index < -0.39 is 56.7 Å². The first-order chi connectivity index (χ1) is 17.0. The van der Waals surface area contributed by atoms with E-state index in [9.17, 15) is 9.18 Å². The normalized spacial score (nSPS) is 19.1. The topological polar surface area (TPSA) is 45.2 Å². The first-order valence-electron chi connectivity index (χ1n) is 11.0. The minimum atomic E-state index is -2.82. The van der Waals surface area contributed by atoms with Crippen LogP contribution in [0.5, 0.6) is 0 Å². The lowest BCUT2D eigenvalue weighted by atomic mass is 9.37. The second kappa shape index (κ2) is 9.94. The van der Waals surface area contributed by atoms with Gasteiger partial charge < -0.3 is 10.2 Å².